The molecular formula is C9H14N2O2. The standard InChI is InChI=1S/C9H14N2O2/c1-10-8(12)4-2-6-11-7-3-5-9(11)13/h3,7H,2,4-6H2,1H3,(H,10,12). The second-order valence-corrected chi connectivity index (χ2v) is 2.95. The zero-order valence-electron chi connectivity index (χ0n) is 7.75. The van der Waals surface area contributed by atoms with Gasteiger partial charge in [-0.05, 0) is 6.42 Å². The molecule has 13 heavy (non-hydrogen) atoms. The van der Waals surface area contributed by atoms with Gasteiger partial charge in [0.05, 0.1) is 0 Å². The molecule has 0 saturated carbocycles. The maximum atomic E-state index is 11.1. The Bertz CT molecular complexity index is 236. The van der Waals surface area contributed by atoms with Crippen LogP contribution in [0.15, 0.2) is 12.3 Å². The topological polar surface area (TPSA) is 49.4 Å². The Morgan fingerprint density at radius 3 is 3.00 bits per heavy atom. The first-order chi connectivity index (χ1) is 6.24. The molecule has 0 bridgehead atoms. The highest BCUT2D eigenvalue weighted by molar-refractivity contribution is 5.81. The van der Waals surface area contributed by atoms with Gasteiger partial charge in [-0.3, -0.25) is 9.59 Å². The minimum Gasteiger partial charge on any atom is -0.359 e. The molecule has 72 valence electrons. The largest absolute Gasteiger partial charge is 0.359 e. The Hall–Kier alpha value is -1.32. The molecule has 0 radical (unpaired) electrons. The molecule has 0 atom stereocenters. The van der Waals surface area contributed by atoms with Gasteiger partial charge in [0, 0.05) is 32.6 Å². The van der Waals surface area contributed by atoms with Crippen molar-refractivity contribution in [3.63, 3.8) is 0 Å². The van der Waals surface area contributed by atoms with E-state index in [0.717, 1.165) is 6.42 Å². The molecule has 1 heterocycles. The van der Waals surface area contributed by atoms with Gasteiger partial charge in [0.1, 0.15) is 0 Å². The molecule has 0 spiro atoms. The summed E-state index contributed by atoms with van der Waals surface area (Å²) in [4.78, 5) is 23.6. The van der Waals surface area contributed by atoms with Crippen molar-refractivity contribution in [2.45, 2.75) is 19.3 Å². The molecule has 0 saturated heterocycles. The van der Waals surface area contributed by atoms with Gasteiger partial charge in [0.2, 0.25) is 11.8 Å². The third kappa shape index (κ3) is 2.89. The number of hydrogen-bond donors (Lipinski definition) is 1. The average Bonchev–Trinajstić information content (AvgIpc) is 2.52. The lowest BCUT2D eigenvalue weighted by Gasteiger charge is -2.12. The number of nitrogens with zero attached hydrogens (tertiary/aromatic N) is 1. The first kappa shape index (κ1) is 9.77. The van der Waals surface area contributed by atoms with Crippen LogP contribution in [0.3, 0.4) is 0 Å². The monoisotopic (exact) mass is 182 g/mol. The fourth-order valence-electron chi connectivity index (χ4n) is 1.22. The van der Waals surface area contributed by atoms with Crippen LogP contribution in [0.1, 0.15) is 19.3 Å². The van der Waals surface area contributed by atoms with Crippen LogP contribution < -0.4 is 5.32 Å². The van der Waals surface area contributed by atoms with Crippen LogP contribution in [-0.2, 0) is 9.59 Å². The van der Waals surface area contributed by atoms with E-state index >= 15 is 0 Å². The van der Waals surface area contributed by atoms with Crippen molar-refractivity contribution in [2.75, 3.05) is 13.6 Å². The molecule has 0 aliphatic carbocycles. The predicted octanol–water partition coefficient (Wildman–Crippen LogP) is 0.259. The third-order valence-corrected chi connectivity index (χ3v) is 1.98. The van der Waals surface area contributed by atoms with Crippen molar-refractivity contribution in [3.05, 3.63) is 12.3 Å². The lowest BCUT2D eigenvalue weighted by molar-refractivity contribution is -0.127. The number of amides is 2. The first-order valence-electron chi connectivity index (χ1n) is 4.40. The highest BCUT2D eigenvalue weighted by atomic mass is 16.2. The van der Waals surface area contributed by atoms with Gasteiger partial charge in [-0.25, -0.2) is 0 Å². The van der Waals surface area contributed by atoms with Crippen LogP contribution in [0.2, 0.25) is 0 Å². The fraction of sp³-hybridized carbons (Fsp3) is 0.556. The quantitative estimate of drug-likeness (QED) is 0.678. The first-order valence-corrected chi connectivity index (χ1v) is 4.40. The number of nitrogens with one attached hydrogen (secondary N) is 1. The summed E-state index contributed by atoms with van der Waals surface area (Å²) in [5.41, 5.74) is 0. The molecule has 1 aliphatic rings. The van der Waals surface area contributed by atoms with E-state index in [4.69, 9.17) is 0 Å². The zero-order valence-corrected chi connectivity index (χ0v) is 7.75. The van der Waals surface area contributed by atoms with Gasteiger partial charge in [0.25, 0.3) is 0 Å². The maximum absolute atomic E-state index is 11.1. The van der Waals surface area contributed by atoms with E-state index in [0.29, 0.717) is 19.4 Å². The second kappa shape index (κ2) is 4.64. The lowest BCUT2D eigenvalue weighted by atomic mass is 10.3. The number of carbonyl (C=O) groups excluding carboxylic acids is 2. The third-order valence-electron chi connectivity index (χ3n) is 1.98. The van der Waals surface area contributed by atoms with E-state index in [2.05, 4.69) is 5.32 Å². The van der Waals surface area contributed by atoms with Crippen molar-refractivity contribution in [3.8, 4) is 0 Å². The van der Waals surface area contributed by atoms with Gasteiger partial charge in [-0.2, -0.15) is 0 Å². The summed E-state index contributed by atoms with van der Waals surface area (Å²) in [6, 6.07) is 0. The summed E-state index contributed by atoms with van der Waals surface area (Å²) in [6.45, 7) is 0.642. The molecule has 0 aromatic heterocycles. The van der Waals surface area contributed by atoms with Crippen molar-refractivity contribution in [1.29, 1.82) is 0 Å². The highest BCUT2D eigenvalue weighted by Crippen LogP contribution is 2.07. The molecule has 1 N–H and O–H groups in total. The molecule has 0 unspecified atom stereocenters. The molecular weight excluding hydrogens is 168 g/mol. The normalized spacial score (nSPS) is 15.2. The van der Waals surface area contributed by atoms with Crippen LogP contribution in [0.25, 0.3) is 0 Å². The Morgan fingerprint density at radius 1 is 1.69 bits per heavy atom. The van der Waals surface area contributed by atoms with E-state index in [1.54, 1.807) is 18.1 Å². The molecule has 1 aliphatic heterocycles. The van der Waals surface area contributed by atoms with Gasteiger partial charge in [-0.15, -0.1) is 0 Å². The Morgan fingerprint density at radius 2 is 2.46 bits per heavy atom. The van der Waals surface area contributed by atoms with Crippen LogP contribution >= 0.6 is 0 Å². The summed E-state index contributed by atoms with van der Waals surface area (Å²) in [5, 5.41) is 2.54. The Balaban J connectivity index is 2.16. The summed E-state index contributed by atoms with van der Waals surface area (Å²) < 4.78 is 0. The SMILES string of the molecule is CNC(=O)CCCN1C=CCC1=O. The maximum Gasteiger partial charge on any atom is 0.230 e. The van der Waals surface area contributed by atoms with Crippen molar-refractivity contribution in [2.24, 2.45) is 0 Å². The molecule has 0 aromatic rings. The van der Waals surface area contributed by atoms with E-state index in [1.165, 1.54) is 0 Å². The van der Waals surface area contributed by atoms with E-state index in [9.17, 15) is 9.59 Å². The van der Waals surface area contributed by atoms with E-state index in [-0.39, 0.29) is 11.8 Å². The molecule has 2 amide bonds. The lowest BCUT2D eigenvalue weighted by Crippen LogP contribution is -2.24. The Kier molecular flexibility index (Phi) is 3.49. The number of hydrogen-bond acceptors (Lipinski definition) is 2. The minimum atomic E-state index is 0.0237. The van der Waals surface area contributed by atoms with Gasteiger partial charge in [-0.1, -0.05) is 6.08 Å². The van der Waals surface area contributed by atoms with Gasteiger partial charge >= 0.3 is 0 Å². The van der Waals surface area contributed by atoms with Crippen molar-refractivity contribution >= 4 is 11.8 Å². The van der Waals surface area contributed by atoms with Crippen LogP contribution in [0.4, 0.5) is 0 Å². The van der Waals surface area contributed by atoms with Crippen LogP contribution in [0, 0.1) is 0 Å². The summed E-state index contributed by atoms with van der Waals surface area (Å²) >= 11 is 0. The fourth-order valence-corrected chi connectivity index (χ4v) is 1.22. The zero-order chi connectivity index (χ0) is 9.68. The summed E-state index contributed by atoms with van der Waals surface area (Å²) in [6.07, 6.45) is 5.32. The molecule has 4 heteroatoms. The van der Waals surface area contributed by atoms with E-state index in [1.807, 2.05) is 6.08 Å². The second-order valence-electron chi connectivity index (χ2n) is 2.95. The van der Waals surface area contributed by atoms with Gasteiger partial charge in [0.15, 0.2) is 0 Å². The number of rotatable bonds is 4. The molecule has 4 nitrogen and oxygen atoms in total. The van der Waals surface area contributed by atoms with E-state index < -0.39 is 0 Å². The average molecular weight is 182 g/mol. The van der Waals surface area contributed by atoms with Crippen LogP contribution in [-0.4, -0.2) is 30.3 Å². The van der Waals surface area contributed by atoms with Crippen molar-refractivity contribution in [1.82, 2.24) is 10.2 Å². The molecule has 0 aromatic carbocycles. The Labute approximate surface area is 77.6 Å². The smallest absolute Gasteiger partial charge is 0.230 e. The number of carbonyl (C=O) groups is 2. The predicted molar refractivity (Wildman–Crippen MR) is 48.8 cm³/mol. The molecule has 1 rings (SSSR count). The van der Waals surface area contributed by atoms with Gasteiger partial charge < -0.3 is 10.2 Å². The summed E-state index contributed by atoms with van der Waals surface area (Å²) in [7, 11) is 1.61. The minimum absolute atomic E-state index is 0.0237. The van der Waals surface area contributed by atoms with Crippen molar-refractivity contribution < 1.29 is 9.59 Å². The molecule has 0 fully saturated rings. The highest BCUT2D eigenvalue weighted by Gasteiger charge is 2.13. The summed E-state index contributed by atoms with van der Waals surface area (Å²) in [5.74, 6) is 0.146. The van der Waals surface area contributed by atoms with Crippen LogP contribution in [0.5, 0.6) is 0 Å².